The first kappa shape index (κ1) is 11.9. The molecule has 2 aromatic heterocycles. The van der Waals surface area contributed by atoms with E-state index in [1.807, 2.05) is 17.5 Å². The van der Waals surface area contributed by atoms with Gasteiger partial charge >= 0.3 is 0 Å². The highest BCUT2D eigenvalue weighted by Crippen LogP contribution is 2.35. The number of hydrogen-bond acceptors (Lipinski definition) is 2. The molecule has 3 rings (SSSR count). The summed E-state index contributed by atoms with van der Waals surface area (Å²) in [5.41, 5.74) is 2.71. The second kappa shape index (κ2) is 4.86. The molecule has 2 heterocycles. The van der Waals surface area contributed by atoms with Gasteiger partial charge in [0.05, 0.1) is 3.79 Å². The standard InChI is InChI=1S/C14H13BrN2S/c1-9-11-4-2-10(8-12(11)18-14(9)15)3-5-13-16-6-7-17-13/h2,4,6-8H,3,5H2,1H3,(H,16,17). The fraction of sp³-hybridized carbons (Fsp3) is 0.214. The van der Waals surface area contributed by atoms with Gasteiger partial charge in [-0.3, -0.25) is 0 Å². The molecule has 0 amide bonds. The van der Waals surface area contributed by atoms with E-state index >= 15 is 0 Å². The SMILES string of the molecule is Cc1c(Br)sc2cc(CCc3ncc[nH]3)ccc12. The number of aryl methyl sites for hydroxylation is 3. The summed E-state index contributed by atoms with van der Waals surface area (Å²) in [4.78, 5) is 7.39. The number of aromatic nitrogens is 2. The molecule has 0 radical (unpaired) electrons. The third kappa shape index (κ3) is 2.22. The average molecular weight is 321 g/mol. The van der Waals surface area contributed by atoms with E-state index in [0.29, 0.717) is 0 Å². The molecule has 0 saturated carbocycles. The highest BCUT2D eigenvalue weighted by atomic mass is 79.9. The molecule has 4 heteroatoms. The van der Waals surface area contributed by atoms with Crippen LogP contribution in [0, 0.1) is 6.92 Å². The highest BCUT2D eigenvalue weighted by Gasteiger charge is 2.06. The van der Waals surface area contributed by atoms with E-state index in [4.69, 9.17) is 0 Å². The van der Waals surface area contributed by atoms with Crippen LogP contribution in [0.25, 0.3) is 10.1 Å². The van der Waals surface area contributed by atoms with Crippen LogP contribution < -0.4 is 0 Å². The summed E-state index contributed by atoms with van der Waals surface area (Å²) in [6.45, 7) is 2.16. The van der Waals surface area contributed by atoms with Crippen LogP contribution in [0.5, 0.6) is 0 Å². The monoisotopic (exact) mass is 320 g/mol. The van der Waals surface area contributed by atoms with Crippen molar-refractivity contribution in [3.63, 3.8) is 0 Å². The molecule has 0 unspecified atom stereocenters. The molecule has 0 aliphatic heterocycles. The van der Waals surface area contributed by atoms with E-state index in [9.17, 15) is 0 Å². The van der Waals surface area contributed by atoms with Crippen LogP contribution in [0.15, 0.2) is 34.4 Å². The van der Waals surface area contributed by atoms with Gasteiger partial charge in [-0.15, -0.1) is 11.3 Å². The lowest BCUT2D eigenvalue weighted by Crippen LogP contribution is -1.92. The Balaban J connectivity index is 1.85. The zero-order valence-electron chi connectivity index (χ0n) is 10.0. The maximum atomic E-state index is 4.25. The molecule has 0 saturated heterocycles. The summed E-state index contributed by atoms with van der Waals surface area (Å²) >= 11 is 5.42. The topological polar surface area (TPSA) is 28.7 Å². The number of nitrogens with one attached hydrogen (secondary N) is 1. The maximum Gasteiger partial charge on any atom is 0.106 e. The van der Waals surface area contributed by atoms with Crippen LogP contribution in [0.3, 0.4) is 0 Å². The zero-order valence-corrected chi connectivity index (χ0v) is 12.4. The number of aromatic amines is 1. The first-order chi connectivity index (χ1) is 8.74. The quantitative estimate of drug-likeness (QED) is 0.757. The normalized spacial score (nSPS) is 11.2. The molecule has 0 spiro atoms. The Morgan fingerprint density at radius 1 is 1.33 bits per heavy atom. The molecule has 18 heavy (non-hydrogen) atoms. The predicted molar refractivity (Wildman–Crippen MR) is 80.3 cm³/mol. The van der Waals surface area contributed by atoms with Crippen molar-refractivity contribution < 1.29 is 0 Å². The number of halogens is 1. The molecule has 0 aliphatic carbocycles. The minimum atomic E-state index is 0.962. The van der Waals surface area contributed by atoms with Crippen molar-refractivity contribution >= 4 is 37.4 Å². The van der Waals surface area contributed by atoms with Gasteiger partial charge in [0, 0.05) is 23.5 Å². The van der Waals surface area contributed by atoms with E-state index in [1.165, 1.54) is 25.0 Å². The molecule has 0 aliphatic rings. The Hall–Kier alpha value is -1.13. The molecule has 1 aromatic carbocycles. The van der Waals surface area contributed by atoms with Crippen molar-refractivity contribution in [3.05, 3.63) is 51.3 Å². The van der Waals surface area contributed by atoms with Gasteiger partial charge in [-0.1, -0.05) is 12.1 Å². The first-order valence-corrected chi connectivity index (χ1v) is 7.51. The number of fused-ring (bicyclic) bond motifs is 1. The number of nitrogens with zero attached hydrogens (tertiary/aromatic N) is 1. The van der Waals surface area contributed by atoms with E-state index < -0.39 is 0 Å². The molecule has 92 valence electrons. The van der Waals surface area contributed by atoms with Gasteiger partial charge in [0.2, 0.25) is 0 Å². The molecule has 3 aromatic rings. The summed E-state index contributed by atoms with van der Waals surface area (Å²) < 4.78 is 2.59. The van der Waals surface area contributed by atoms with Crippen LogP contribution >= 0.6 is 27.3 Å². The minimum Gasteiger partial charge on any atom is -0.349 e. The Kier molecular flexibility index (Phi) is 3.22. The van der Waals surface area contributed by atoms with Gasteiger partial charge in [-0.25, -0.2) is 4.98 Å². The van der Waals surface area contributed by atoms with Crippen molar-refractivity contribution in [2.75, 3.05) is 0 Å². The third-order valence-electron chi connectivity index (χ3n) is 3.15. The zero-order chi connectivity index (χ0) is 12.5. The Labute approximate surface area is 118 Å². The van der Waals surface area contributed by atoms with Gasteiger partial charge in [0.1, 0.15) is 5.82 Å². The van der Waals surface area contributed by atoms with Crippen molar-refractivity contribution in [2.24, 2.45) is 0 Å². The second-order valence-corrected chi connectivity index (χ2v) is 6.74. The fourth-order valence-corrected chi connectivity index (χ4v) is 3.83. The summed E-state index contributed by atoms with van der Waals surface area (Å²) in [5.74, 6) is 1.05. The lowest BCUT2D eigenvalue weighted by molar-refractivity contribution is 0.885. The van der Waals surface area contributed by atoms with Crippen LogP contribution in [-0.2, 0) is 12.8 Å². The van der Waals surface area contributed by atoms with Crippen molar-refractivity contribution in [3.8, 4) is 0 Å². The number of thiophene rings is 1. The summed E-state index contributed by atoms with van der Waals surface area (Å²) in [6, 6.07) is 6.74. The Bertz CT molecular complexity index is 670. The summed E-state index contributed by atoms with van der Waals surface area (Å²) in [5, 5.41) is 1.36. The van der Waals surface area contributed by atoms with Crippen molar-refractivity contribution in [2.45, 2.75) is 19.8 Å². The Morgan fingerprint density at radius 2 is 2.22 bits per heavy atom. The molecular weight excluding hydrogens is 308 g/mol. The maximum absolute atomic E-state index is 4.25. The fourth-order valence-electron chi connectivity index (χ4n) is 2.09. The summed E-state index contributed by atoms with van der Waals surface area (Å²) in [7, 11) is 0. The third-order valence-corrected chi connectivity index (χ3v) is 5.27. The van der Waals surface area contributed by atoms with Crippen molar-refractivity contribution in [1.29, 1.82) is 0 Å². The van der Waals surface area contributed by atoms with Crippen LogP contribution in [0.1, 0.15) is 17.0 Å². The molecule has 0 fully saturated rings. The molecule has 0 bridgehead atoms. The van der Waals surface area contributed by atoms with Gasteiger partial charge in [0.15, 0.2) is 0 Å². The van der Waals surface area contributed by atoms with E-state index in [2.05, 4.69) is 51.0 Å². The Morgan fingerprint density at radius 3 is 3.00 bits per heavy atom. The highest BCUT2D eigenvalue weighted by molar-refractivity contribution is 9.11. The summed E-state index contributed by atoms with van der Waals surface area (Å²) in [6.07, 6.45) is 5.67. The molecule has 0 atom stereocenters. The lowest BCUT2D eigenvalue weighted by atomic mass is 10.1. The number of rotatable bonds is 3. The molecule has 2 nitrogen and oxygen atoms in total. The number of hydrogen-bond donors (Lipinski definition) is 1. The molecular formula is C14H13BrN2S. The van der Waals surface area contributed by atoms with Crippen molar-refractivity contribution in [1.82, 2.24) is 9.97 Å². The van der Waals surface area contributed by atoms with Crippen LogP contribution in [0.4, 0.5) is 0 Å². The first-order valence-electron chi connectivity index (χ1n) is 5.90. The number of benzene rings is 1. The van der Waals surface area contributed by atoms with Gasteiger partial charge in [-0.2, -0.15) is 0 Å². The minimum absolute atomic E-state index is 0.962. The predicted octanol–water partition coefficient (Wildman–Crippen LogP) is 4.48. The molecule has 1 N–H and O–H groups in total. The lowest BCUT2D eigenvalue weighted by Gasteiger charge is -2.00. The van der Waals surface area contributed by atoms with E-state index in [0.717, 1.165) is 18.7 Å². The largest absolute Gasteiger partial charge is 0.349 e. The van der Waals surface area contributed by atoms with Gasteiger partial charge in [-0.05, 0) is 51.9 Å². The smallest absolute Gasteiger partial charge is 0.106 e. The van der Waals surface area contributed by atoms with E-state index in [-0.39, 0.29) is 0 Å². The van der Waals surface area contributed by atoms with E-state index in [1.54, 1.807) is 6.20 Å². The van der Waals surface area contributed by atoms with Gasteiger partial charge < -0.3 is 4.98 Å². The van der Waals surface area contributed by atoms with Gasteiger partial charge in [0.25, 0.3) is 0 Å². The number of H-pyrrole nitrogens is 1. The van der Waals surface area contributed by atoms with Crippen LogP contribution in [-0.4, -0.2) is 9.97 Å². The van der Waals surface area contributed by atoms with Crippen LogP contribution in [0.2, 0.25) is 0 Å². The average Bonchev–Trinajstić information content (AvgIpc) is 2.97. The number of imidazole rings is 1. The second-order valence-electron chi connectivity index (χ2n) is 4.37.